The summed E-state index contributed by atoms with van der Waals surface area (Å²) >= 11 is 0. The Morgan fingerprint density at radius 1 is 0.818 bits per heavy atom. The van der Waals surface area contributed by atoms with E-state index in [0.29, 0.717) is 18.0 Å². The maximum absolute atomic E-state index is 13.2. The van der Waals surface area contributed by atoms with Crippen molar-refractivity contribution in [1.29, 1.82) is 0 Å². The molecular formula is C25H27NO6S. The summed E-state index contributed by atoms with van der Waals surface area (Å²) in [6.07, 6.45) is 0. The molecule has 8 heteroatoms. The van der Waals surface area contributed by atoms with Crippen LogP contribution in [0.5, 0.6) is 11.5 Å². The van der Waals surface area contributed by atoms with Crippen LogP contribution >= 0.6 is 0 Å². The molecule has 3 aromatic carbocycles. The van der Waals surface area contributed by atoms with Gasteiger partial charge in [-0.15, -0.1) is 0 Å². The van der Waals surface area contributed by atoms with E-state index in [1.165, 1.54) is 28.6 Å². The lowest BCUT2D eigenvalue weighted by Gasteiger charge is -2.23. The molecule has 0 heterocycles. The number of nitrogens with zero attached hydrogens (tertiary/aromatic N) is 1. The lowest BCUT2D eigenvalue weighted by Crippen LogP contribution is -2.30. The number of rotatable bonds is 11. The van der Waals surface area contributed by atoms with Gasteiger partial charge in [0.2, 0.25) is 0 Å². The first-order valence-corrected chi connectivity index (χ1v) is 12.1. The Bertz CT molecular complexity index is 1150. The average molecular weight is 470 g/mol. The smallest absolute Gasteiger partial charge is 0.338 e. The number of sulfonamides is 1. The van der Waals surface area contributed by atoms with Crippen molar-refractivity contribution in [2.24, 2.45) is 0 Å². The van der Waals surface area contributed by atoms with Gasteiger partial charge in [0.25, 0.3) is 10.0 Å². The molecule has 0 unspecified atom stereocenters. The van der Waals surface area contributed by atoms with Crippen LogP contribution < -0.4 is 13.8 Å². The minimum Gasteiger partial charge on any atom is -0.494 e. The first-order chi connectivity index (χ1) is 16.0. The minimum absolute atomic E-state index is 0.0216. The van der Waals surface area contributed by atoms with Crippen LogP contribution in [-0.2, 0) is 14.8 Å². The normalized spacial score (nSPS) is 11.0. The molecule has 33 heavy (non-hydrogen) atoms. The van der Waals surface area contributed by atoms with Gasteiger partial charge in [-0.25, -0.2) is 13.2 Å². The Balaban J connectivity index is 1.61. The maximum Gasteiger partial charge on any atom is 0.338 e. The summed E-state index contributed by atoms with van der Waals surface area (Å²) in [6, 6.07) is 21.8. The molecule has 0 saturated heterocycles. The number of para-hydroxylation sites is 1. The highest BCUT2D eigenvalue weighted by Crippen LogP contribution is 2.24. The molecule has 0 aromatic heterocycles. The van der Waals surface area contributed by atoms with Gasteiger partial charge >= 0.3 is 5.97 Å². The van der Waals surface area contributed by atoms with Crippen molar-refractivity contribution in [3.63, 3.8) is 0 Å². The van der Waals surface area contributed by atoms with Crippen molar-refractivity contribution in [1.82, 2.24) is 0 Å². The standard InChI is InChI=1S/C25H27NO6S/c1-3-26(21-10-6-5-7-11-21)33(28,29)24-12-8-9-20(19-24)25(27)32-18-17-31-23-15-13-22(14-16-23)30-4-2/h5-16,19H,3-4,17-18H2,1-2H3. The third-order valence-corrected chi connectivity index (χ3v) is 6.61. The van der Waals surface area contributed by atoms with E-state index >= 15 is 0 Å². The summed E-state index contributed by atoms with van der Waals surface area (Å²) in [5.74, 6) is 0.758. The van der Waals surface area contributed by atoms with E-state index in [2.05, 4.69) is 0 Å². The predicted octanol–water partition coefficient (Wildman–Crippen LogP) is 4.54. The lowest BCUT2D eigenvalue weighted by molar-refractivity contribution is 0.0450. The molecular weight excluding hydrogens is 442 g/mol. The first kappa shape index (κ1) is 24.1. The van der Waals surface area contributed by atoms with Gasteiger partial charge in [0.15, 0.2) is 0 Å². The van der Waals surface area contributed by atoms with Crippen LogP contribution in [0.4, 0.5) is 5.69 Å². The average Bonchev–Trinajstić information content (AvgIpc) is 2.84. The fourth-order valence-corrected chi connectivity index (χ4v) is 4.69. The van der Waals surface area contributed by atoms with E-state index in [1.54, 1.807) is 55.5 Å². The molecule has 7 nitrogen and oxygen atoms in total. The molecule has 0 amide bonds. The van der Waals surface area contributed by atoms with Crippen LogP contribution in [0.25, 0.3) is 0 Å². The molecule has 0 aliphatic carbocycles. The topological polar surface area (TPSA) is 82.1 Å². The van der Waals surface area contributed by atoms with Gasteiger partial charge in [0, 0.05) is 6.54 Å². The van der Waals surface area contributed by atoms with Gasteiger partial charge in [-0.1, -0.05) is 24.3 Å². The monoisotopic (exact) mass is 469 g/mol. The third kappa shape index (κ3) is 6.26. The van der Waals surface area contributed by atoms with Crippen molar-refractivity contribution < 1.29 is 27.4 Å². The largest absolute Gasteiger partial charge is 0.494 e. The summed E-state index contributed by atoms with van der Waals surface area (Å²) in [5.41, 5.74) is 0.709. The second-order valence-electron chi connectivity index (χ2n) is 6.92. The number of ether oxygens (including phenoxy) is 3. The second kappa shape index (κ2) is 11.4. The number of carbonyl (C=O) groups is 1. The molecule has 3 rings (SSSR count). The highest BCUT2D eigenvalue weighted by atomic mass is 32.2. The summed E-state index contributed by atoms with van der Waals surface area (Å²) in [4.78, 5) is 12.5. The van der Waals surface area contributed by atoms with E-state index in [4.69, 9.17) is 14.2 Å². The second-order valence-corrected chi connectivity index (χ2v) is 8.78. The number of esters is 1. The van der Waals surface area contributed by atoms with Crippen LogP contribution in [0, 0.1) is 0 Å². The quantitative estimate of drug-likeness (QED) is 0.303. The molecule has 0 radical (unpaired) electrons. The zero-order valence-corrected chi connectivity index (χ0v) is 19.5. The molecule has 0 bridgehead atoms. The first-order valence-electron chi connectivity index (χ1n) is 10.7. The predicted molar refractivity (Wildman–Crippen MR) is 126 cm³/mol. The number of benzene rings is 3. The summed E-state index contributed by atoms with van der Waals surface area (Å²) in [5, 5.41) is 0. The van der Waals surface area contributed by atoms with Crippen LogP contribution in [0.15, 0.2) is 83.8 Å². The van der Waals surface area contributed by atoms with Gasteiger partial charge in [0.1, 0.15) is 24.7 Å². The summed E-state index contributed by atoms with van der Waals surface area (Å²) in [7, 11) is -3.84. The van der Waals surface area contributed by atoms with Crippen LogP contribution in [-0.4, -0.2) is 40.8 Å². The Morgan fingerprint density at radius 3 is 2.12 bits per heavy atom. The van der Waals surface area contributed by atoms with Gasteiger partial charge in [-0.05, 0) is 68.4 Å². The third-order valence-electron chi connectivity index (χ3n) is 4.71. The van der Waals surface area contributed by atoms with E-state index in [0.717, 1.165) is 5.75 Å². The molecule has 0 fully saturated rings. The Kier molecular flexibility index (Phi) is 8.32. The molecule has 0 atom stereocenters. The highest BCUT2D eigenvalue weighted by Gasteiger charge is 2.24. The van der Waals surface area contributed by atoms with Gasteiger partial charge in [0.05, 0.1) is 22.8 Å². The fraction of sp³-hybridized carbons (Fsp3) is 0.240. The van der Waals surface area contributed by atoms with Crippen molar-refractivity contribution in [2.75, 3.05) is 30.7 Å². The number of hydrogen-bond donors (Lipinski definition) is 0. The van der Waals surface area contributed by atoms with Gasteiger partial charge in [-0.3, -0.25) is 4.31 Å². The van der Waals surface area contributed by atoms with E-state index < -0.39 is 16.0 Å². The summed E-state index contributed by atoms with van der Waals surface area (Å²) in [6.45, 7) is 4.69. The molecule has 0 spiro atoms. The zero-order valence-electron chi connectivity index (χ0n) is 18.6. The molecule has 0 N–H and O–H groups in total. The Labute approximate surface area is 194 Å². The molecule has 174 valence electrons. The van der Waals surface area contributed by atoms with Crippen LogP contribution in [0.3, 0.4) is 0 Å². The summed E-state index contributed by atoms with van der Waals surface area (Å²) < 4.78 is 43.8. The fourth-order valence-electron chi connectivity index (χ4n) is 3.17. The van der Waals surface area contributed by atoms with E-state index in [9.17, 15) is 13.2 Å². The van der Waals surface area contributed by atoms with Crippen LogP contribution in [0.2, 0.25) is 0 Å². The highest BCUT2D eigenvalue weighted by molar-refractivity contribution is 7.92. The maximum atomic E-state index is 13.2. The van der Waals surface area contributed by atoms with E-state index in [1.807, 2.05) is 13.0 Å². The zero-order chi connectivity index (χ0) is 23.7. The molecule has 0 saturated carbocycles. The van der Waals surface area contributed by atoms with Gasteiger partial charge < -0.3 is 14.2 Å². The molecule has 0 aliphatic heterocycles. The molecule has 0 aliphatic rings. The number of anilines is 1. The van der Waals surface area contributed by atoms with Crippen molar-refractivity contribution in [3.05, 3.63) is 84.4 Å². The number of hydrogen-bond acceptors (Lipinski definition) is 6. The van der Waals surface area contributed by atoms with Crippen molar-refractivity contribution in [2.45, 2.75) is 18.7 Å². The van der Waals surface area contributed by atoms with Gasteiger partial charge in [-0.2, -0.15) is 0 Å². The van der Waals surface area contributed by atoms with Crippen molar-refractivity contribution in [3.8, 4) is 11.5 Å². The molecule has 3 aromatic rings. The SMILES string of the molecule is CCOc1ccc(OCCOC(=O)c2cccc(S(=O)(=O)N(CC)c3ccccc3)c2)cc1. The Hall–Kier alpha value is -3.52. The minimum atomic E-state index is -3.84. The lowest BCUT2D eigenvalue weighted by atomic mass is 10.2. The van der Waals surface area contributed by atoms with Crippen molar-refractivity contribution >= 4 is 21.7 Å². The number of carbonyl (C=O) groups excluding carboxylic acids is 1. The van der Waals surface area contributed by atoms with E-state index in [-0.39, 0.29) is 30.2 Å². The Morgan fingerprint density at radius 2 is 1.48 bits per heavy atom. The van der Waals surface area contributed by atoms with Crippen LogP contribution in [0.1, 0.15) is 24.2 Å².